The topological polar surface area (TPSA) is 82.5 Å². The second-order valence-corrected chi connectivity index (χ2v) is 7.09. The lowest BCUT2D eigenvalue weighted by Crippen LogP contribution is -1.98. The molecule has 0 aliphatic carbocycles. The van der Waals surface area contributed by atoms with Crippen molar-refractivity contribution in [3.63, 3.8) is 0 Å². The molecule has 0 unspecified atom stereocenters. The van der Waals surface area contributed by atoms with E-state index in [1.165, 1.54) is 6.39 Å². The Morgan fingerprint density at radius 3 is 2.58 bits per heavy atom. The number of benzene rings is 1. The summed E-state index contributed by atoms with van der Waals surface area (Å²) in [5, 5.41) is 4.73. The standard InChI is InChI=1S/C24H20N6O/c1-2-30-15-20(24(29-30)19-4-3-10-25-13-19)21-9-11-27-23(28-21)12-17-5-7-18(8-6-17)22-14-26-16-31-22/h3-11,13-16H,2,12H2,1H3. The third-order valence-corrected chi connectivity index (χ3v) is 5.04. The predicted molar refractivity (Wildman–Crippen MR) is 117 cm³/mol. The molecule has 4 heterocycles. The summed E-state index contributed by atoms with van der Waals surface area (Å²) in [7, 11) is 0. The minimum Gasteiger partial charge on any atom is -0.444 e. The van der Waals surface area contributed by atoms with Gasteiger partial charge in [-0.3, -0.25) is 9.67 Å². The van der Waals surface area contributed by atoms with Crippen molar-refractivity contribution in [2.45, 2.75) is 19.9 Å². The lowest BCUT2D eigenvalue weighted by Gasteiger charge is -2.05. The molecule has 7 nitrogen and oxygen atoms in total. The number of aryl methyl sites for hydroxylation is 1. The molecule has 7 heteroatoms. The fourth-order valence-electron chi connectivity index (χ4n) is 3.45. The van der Waals surface area contributed by atoms with Gasteiger partial charge in [-0.1, -0.05) is 24.3 Å². The Morgan fingerprint density at radius 2 is 1.84 bits per heavy atom. The van der Waals surface area contributed by atoms with Gasteiger partial charge in [-0.05, 0) is 30.7 Å². The fraction of sp³-hybridized carbons (Fsp3) is 0.125. The Morgan fingerprint density at radius 1 is 0.935 bits per heavy atom. The predicted octanol–water partition coefficient (Wildman–Crippen LogP) is 4.67. The molecule has 0 saturated heterocycles. The van der Waals surface area contributed by atoms with Crippen LogP contribution in [-0.2, 0) is 13.0 Å². The number of nitrogens with zero attached hydrogens (tertiary/aromatic N) is 6. The zero-order chi connectivity index (χ0) is 21.0. The molecule has 152 valence electrons. The van der Waals surface area contributed by atoms with Gasteiger partial charge in [0, 0.05) is 54.4 Å². The van der Waals surface area contributed by atoms with Crippen LogP contribution in [-0.4, -0.2) is 29.7 Å². The van der Waals surface area contributed by atoms with Crippen LogP contribution in [0.1, 0.15) is 18.3 Å². The SMILES string of the molecule is CCn1cc(-c2ccnc(Cc3ccc(-c4cnco4)cc3)n2)c(-c2cccnc2)n1. The maximum atomic E-state index is 5.35. The summed E-state index contributed by atoms with van der Waals surface area (Å²) in [6.45, 7) is 2.85. The van der Waals surface area contributed by atoms with Gasteiger partial charge >= 0.3 is 0 Å². The molecule has 0 spiro atoms. The van der Waals surface area contributed by atoms with Crippen LogP contribution in [0.15, 0.2) is 84.3 Å². The second-order valence-electron chi connectivity index (χ2n) is 7.09. The van der Waals surface area contributed by atoms with Gasteiger partial charge in [-0.25, -0.2) is 15.0 Å². The van der Waals surface area contributed by atoms with Crippen molar-refractivity contribution in [3.8, 4) is 33.8 Å². The highest BCUT2D eigenvalue weighted by Gasteiger charge is 2.15. The summed E-state index contributed by atoms with van der Waals surface area (Å²) in [5.74, 6) is 1.51. The molecule has 0 amide bonds. The summed E-state index contributed by atoms with van der Waals surface area (Å²) < 4.78 is 7.27. The fourth-order valence-corrected chi connectivity index (χ4v) is 3.45. The van der Waals surface area contributed by atoms with Crippen molar-refractivity contribution in [2.75, 3.05) is 0 Å². The molecule has 0 N–H and O–H groups in total. The van der Waals surface area contributed by atoms with Crippen LogP contribution < -0.4 is 0 Å². The van der Waals surface area contributed by atoms with E-state index in [0.29, 0.717) is 6.42 Å². The Balaban J connectivity index is 1.44. The summed E-state index contributed by atoms with van der Waals surface area (Å²) in [6, 6.07) is 14.0. The largest absolute Gasteiger partial charge is 0.444 e. The number of hydrogen-bond donors (Lipinski definition) is 0. The molecule has 5 aromatic rings. The van der Waals surface area contributed by atoms with Gasteiger partial charge in [0.05, 0.1) is 11.9 Å². The van der Waals surface area contributed by atoms with Crippen LogP contribution in [0.25, 0.3) is 33.8 Å². The summed E-state index contributed by atoms with van der Waals surface area (Å²) >= 11 is 0. The highest BCUT2D eigenvalue weighted by Crippen LogP contribution is 2.29. The number of hydrogen-bond acceptors (Lipinski definition) is 6. The van der Waals surface area contributed by atoms with Crippen LogP contribution in [0.5, 0.6) is 0 Å². The molecule has 0 fully saturated rings. The lowest BCUT2D eigenvalue weighted by molar-refractivity contribution is 0.572. The Hall–Kier alpha value is -4.13. The first-order valence-corrected chi connectivity index (χ1v) is 10.1. The smallest absolute Gasteiger partial charge is 0.181 e. The minimum absolute atomic E-state index is 0.634. The average Bonchev–Trinajstić information content (AvgIpc) is 3.51. The molecule has 0 aliphatic rings. The monoisotopic (exact) mass is 408 g/mol. The Kier molecular flexibility index (Phi) is 5.06. The van der Waals surface area contributed by atoms with Crippen molar-refractivity contribution in [1.29, 1.82) is 0 Å². The van der Waals surface area contributed by atoms with Crippen LogP contribution in [0.3, 0.4) is 0 Å². The first-order valence-electron chi connectivity index (χ1n) is 10.1. The van der Waals surface area contributed by atoms with E-state index in [-0.39, 0.29) is 0 Å². The van der Waals surface area contributed by atoms with Gasteiger partial charge < -0.3 is 4.42 Å². The summed E-state index contributed by atoms with van der Waals surface area (Å²) in [5.41, 5.74) is 5.77. The molecule has 0 saturated carbocycles. The van der Waals surface area contributed by atoms with E-state index in [9.17, 15) is 0 Å². The number of aromatic nitrogens is 6. The highest BCUT2D eigenvalue weighted by molar-refractivity contribution is 5.78. The van der Waals surface area contributed by atoms with Crippen LogP contribution in [0.2, 0.25) is 0 Å². The van der Waals surface area contributed by atoms with Crippen molar-refractivity contribution in [3.05, 3.63) is 91.2 Å². The van der Waals surface area contributed by atoms with Crippen LogP contribution in [0, 0.1) is 0 Å². The Bertz CT molecular complexity index is 1280. The van der Waals surface area contributed by atoms with Crippen molar-refractivity contribution in [1.82, 2.24) is 29.7 Å². The van der Waals surface area contributed by atoms with Gasteiger partial charge in [-0.2, -0.15) is 5.10 Å². The minimum atomic E-state index is 0.634. The van der Waals surface area contributed by atoms with Gasteiger partial charge in [0.1, 0.15) is 11.5 Å². The quantitative estimate of drug-likeness (QED) is 0.406. The van der Waals surface area contributed by atoms with E-state index in [2.05, 4.69) is 34.0 Å². The molecular formula is C24H20N6O. The summed E-state index contributed by atoms with van der Waals surface area (Å²) in [4.78, 5) is 17.5. The lowest BCUT2D eigenvalue weighted by atomic mass is 10.1. The molecule has 31 heavy (non-hydrogen) atoms. The van der Waals surface area contributed by atoms with Crippen molar-refractivity contribution < 1.29 is 4.42 Å². The van der Waals surface area contributed by atoms with Crippen molar-refractivity contribution in [2.24, 2.45) is 0 Å². The first kappa shape index (κ1) is 18.9. The third kappa shape index (κ3) is 3.98. The number of rotatable bonds is 6. The highest BCUT2D eigenvalue weighted by atomic mass is 16.3. The first-order chi connectivity index (χ1) is 15.3. The summed E-state index contributed by atoms with van der Waals surface area (Å²) in [6.07, 6.45) is 11.2. The molecular weight excluding hydrogens is 388 g/mol. The molecule has 0 atom stereocenters. The van der Waals surface area contributed by atoms with Gasteiger partial charge in [0.2, 0.25) is 0 Å². The van der Waals surface area contributed by atoms with E-state index < -0.39 is 0 Å². The molecule has 0 aliphatic heterocycles. The zero-order valence-corrected chi connectivity index (χ0v) is 17.0. The molecule has 1 aromatic carbocycles. The van der Waals surface area contributed by atoms with Crippen molar-refractivity contribution >= 4 is 0 Å². The molecule has 5 rings (SSSR count). The normalized spacial score (nSPS) is 11.0. The molecule has 0 radical (unpaired) electrons. The van der Waals surface area contributed by atoms with E-state index in [4.69, 9.17) is 14.5 Å². The second kappa shape index (κ2) is 8.31. The van der Waals surface area contributed by atoms with E-state index in [1.807, 2.05) is 47.4 Å². The maximum absolute atomic E-state index is 5.35. The Labute approximate surface area is 179 Å². The van der Waals surface area contributed by atoms with Crippen LogP contribution >= 0.6 is 0 Å². The number of oxazole rings is 1. The zero-order valence-electron chi connectivity index (χ0n) is 17.0. The van der Waals surface area contributed by atoms with E-state index >= 15 is 0 Å². The van der Waals surface area contributed by atoms with Crippen LogP contribution in [0.4, 0.5) is 0 Å². The molecule has 4 aromatic heterocycles. The molecule has 0 bridgehead atoms. The number of pyridine rings is 1. The van der Waals surface area contributed by atoms with Gasteiger partial charge in [-0.15, -0.1) is 0 Å². The van der Waals surface area contributed by atoms with E-state index in [1.54, 1.807) is 18.6 Å². The maximum Gasteiger partial charge on any atom is 0.181 e. The van der Waals surface area contributed by atoms with Gasteiger partial charge in [0.15, 0.2) is 12.2 Å². The average molecular weight is 408 g/mol. The van der Waals surface area contributed by atoms with Gasteiger partial charge in [0.25, 0.3) is 0 Å². The van der Waals surface area contributed by atoms with E-state index in [0.717, 1.165) is 51.8 Å². The third-order valence-electron chi connectivity index (χ3n) is 5.04.